The largest absolute Gasteiger partial charge is 0.453 e. The summed E-state index contributed by atoms with van der Waals surface area (Å²) in [6.45, 7) is 4.40. The van der Waals surface area contributed by atoms with Crippen molar-refractivity contribution in [1.29, 1.82) is 0 Å². The second kappa shape index (κ2) is 3.46. The predicted octanol–water partition coefficient (Wildman–Crippen LogP) is 3.10. The van der Waals surface area contributed by atoms with Crippen molar-refractivity contribution in [3.05, 3.63) is 22.6 Å². The molecule has 1 unspecified atom stereocenters. The first kappa shape index (κ1) is 9.28. The molecule has 1 aromatic rings. The first-order valence-corrected chi connectivity index (χ1v) is 5.47. The first-order valence-electron chi connectivity index (χ1n) is 4.68. The van der Waals surface area contributed by atoms with Crippen molar-refractivity contribution in [3.63, 3.8) is 0 Å². The lowest BCUT2D eigenvalue weighted by Gasteiger charge is -2.09. The minimum absolute atomic E-state index is 0.321. The van der Waals surface area contributed by atoms with Gasteiger partial charge in [-0.2, -0.15) is 0 Å². The van der Waals surface area contributed by atoms with Crippen LogP contribution in [0, 0.1) is 5.92 Å². The van der Waals surface area contributed by atoms with Gasteiger partial charge in [-0.3, -0.25) is 0 Å². The van der Waals surface area contributed by atoms with Crippen LogP contribution < -0.4 is 5.32 Å². The maximum absolute atomic E-state index is 5.46. The molecule has 0 saturated heterocycles. The Morgan fingerprint density at radius 2 is 2.31 bits per heavy atom. The maximum Gasteiger partial charge on any atom is 0.169 e. The Hall–Kier alpha value is -0.280. The van der Waals surface area contributed by atoms with E-state index in [9.17, 15) is 0 Å². The molecule has 1 fully saturated rings. The average molecular weight is 244 g/mol. The Kier molecular flexibility index (Phi) is 2.47. The molecule has 2 nitrogen and oxygen atoms in total. The van der Waals surface area contributed by atoms with Gasteiger partial charge in [-0.05, 0) is 47.3 Å². The molecule has 0 aromatic carbocycles. The lowest BCUT2D eigenvalue weighted by molar-refractivity contribution is 0.413. The van der Waals surface area contributed by atoms with Crippen LogP contribution in [0.1, 0.15) is 32.1 Å². The van der Waals surface area contributed by atoms with Crippen LogP contribution in [0.4, 0.5) is 0 Å². The molecule has 0 spiro atoms. The fraction of sp³-hybridized carbons (Fsp3) is 0.600. The molecule has 13 heavy (non-hydrogen) atoms. The highest BCUT2D eigenvalue weighted by atomic mass is 79.9. The molecule has 0 radical (unpaired) electrons. The summed E-state index contributed by atoms with van der Waals surface area (Å²) in [5.41, 5.74) is 0. The number of nitrogens with one attached hydrogen (secondary N) is 1. The van der Waals surface area contributed by atoms with E-state index in [1.165, 1.54) is 6.42 Å². The van der Waals surface area contributed by atoms with Crippen LogP contribution in [0.2, 0.25) is 0 Å². The lowest BCUT2D eigenvalue weighted by Crippen LogP contribution is -2.21. The van der Waals surface area contributed by atoms with Crippen molar-refractivity contribution in [2.75, 3.05) is 0 Å². The molecule has 1 aliphatic rings. The van der Waals surface area contributed by atoms with Gasteiger partial charge in [-0.1, -0.05) is 6.92 Å². The third-order valence-electron chi connectivity index (χ3n) is 2.59. The number of hydrogen-bond acceptors (Lipinski definition) is 2. The first-order chi connectivity index (χ1) is 6.16. The minimum atomic E-state index is 0.321. The standard InChI is InChI=1S/C10H14BrNO/c1-6-5-8(6)12-7(2)9-3-4-10(11)13-9/h3-4,6-8,12H,5H2,1-2H3/t6-,7?,8-/m1/s1. The third-order valence-corrected chi connectivity index (χ3v) is 3.02. The zero-order valence-electron chi connectivity index (χ0n) is 7.88. The van der Waals surface area contributed by atoms with Gasteiger partial charge in [-0.25, -0.2) is 0 Å². The molecule has 0 aliphatic heterocycles. The Morgan fingerprint density at radius 1 is 1.62 bits per heavy atom. The van der Waals surface area contributed by atoms with Crippen LogP contribution in [0.5, 0.6) is 0 Å². The molecule has 3 atom stereocenters. The topological polar surface area (TPSA) is 25.2 Å². The van der Waals surface area contributed by atoms with Gasteiger partial charge in [0.15, 0.2) is 4.67 Å². The minimum Gasteiger partial charge on any atom is -0.453 e. The van der Waals surface area contributed by atoms with Crippen molar-refractivity contribution in [3.8, 4) is 0 Å². The molecule has 1 saturated carbocycles. The van der Waals surface area contributed by atoms with Gasteiger partial charge in [0.05, 0.1) is 6.04 Å². The molecule has 1 aliphatic carbocycles. The van der Waals surface area contributed by atoms with E-state index < -0.39 is 0 Å². The number of halogens is 1. The fourth-order valence-electron chi connectivity index (χ4n) is 1.52. The van der Waals surface area contributed by atoms with Crippen LogP contribution in [-0.4, -0.2) is 6.04 Å². The fourth-order valence-corrected chi connectivity index (χ4v) is 1.84. The molecule has 3 heteroatoms. The molecule has 2 rings (SSSR count). The zero-order valence-corrected chi connectivity index (χ0v) is 9.47. The SMILES string of the molecule is CC(N[C@@H]1C[C@H]1C)c1ccc(Br)o1. The van der Waals surface area contributed by atoms with E-state index in [2.05, 4.69) is 35.1 Å². The lowest BCUT2D eigenvalue weighted by atomic mass is 10.2. The third kappa shape index (κ3) is 2.15. The maximum atomic E-state index is 5.46. The molecule has 1 heterocycles. The van der Waals surface area contributed by atoms with Gasteiger partial charge >= 0.3 is 0 Å². The van der Waals surface area contributed by atoms with E-state index in [1.54, 1.807) is 0 Å². The average Bonchev–Trinajstić information content (AvgIpc) is 2.62. The Bertz CT molecular complexity index is 297. The van der Waals surface area contributed by atoms with E-state index in [0.717, 1.165) is 16.3 Å². The monoisotopic (exact) mass is 243 g/mol. The second-order valence-electron chi connectivity index (χ2n) is 3.85. The highest BCUT2D eigenvalue weighted by Crippen LogP contribution is 2.32. The predicted molar refractivity (Wildman–Crippen MR) is 55.5 cm³/mol. The van der Waals surface area contributed by atoms with Gasteiger partial charge in [0.1, 0.15) is 5.76 Å². The number of rotatable bonds is 3. The molecule has 72 valence electrons. The van der Waals surface area contributed by atoms with E-state index in [4.69, 9.17) is 4.42 Å². The summed E-state index contributed by atoms with van der Waals surface area (Å²) in [5.74, 6) is 1.84. The smallest absolute Gasteiger partial charge is 0.169 e. The van der Waals surface area contributed by atoms with Crippen molar-refractivity contribution in [2.45, 2.75) is 32.4 Å². The molecule has 0 amide bonds. The summed E-state index contributed by atoms with van der Waals surface area (Å²) in [6, 6.07) is 4.96. The van der Waals surface area contributed by atoms with Crippen LogP contribution in [0.15, 0.2) is 21.2 Å². The molecule has 1 aromatic heterocycles. The van der Waals surface area contributed by atoms with Gasteiger partial charge in [-0.15, -0.1) is 0 Å². The highest BCUT2D eigenvalue weighted by molar-refractivity contribution is 9.10. The molecule has 1 N–H and O–H groups in total. The summed E-state index contributed by atoms with van der Waals surface area (Å²) < 4.78 is 6.27. The van der Waals surface area contributed by atoms with Crippen molar-refractivity contribution >= 4 is 15.9 Å². The van der Waals surface area contributed by atoms with Crippen molar-refractivity contribution in [1.82, 2.24) is 5.32 Å². The quantitative estimate of drug-likeness (QED) is 0.883. The van der Waals surface area contributed by atoms with Crippen LogP contribution >= 0.6 is 15.9 Å². The number of hydrogen-bond donors (Lipinski definition) is 1. The molecular weight excluding hydrogens is 230 g/mol. The van der Waals surface area contributed by atoms with E-state index in [0.29, 0.717) is 12.1 Å². The highest BCUT2D eigenvalue weighted by Gasteiger charge is 2.33. The normalized spacial score (nSPS) is 28.8. The molecule has 0 bridgehead atoms. The Morgan fingerprint density at radius 3 is 2.77 bits per heavy atom. The van der Waals surface area contributed by atoms with E-state index >= 15 is 0 Å². The molecular formula is C10H14BrNO. The summed E-state index contributed by atoms with van der Waals surface area (Å²) in [6.07, 6.45) is 1.30. The Labute approximate surface area is 86.8 Å². The van der Waals surface area contributed by atoms with Gasteiger partial charge in [0, 0.05) is 6.04 Å². The van der Waals surface area contributed by atoms with E-state index in [1.807, 2.05) is 12.1 Å². The second-order valence-corrected chi connectivity index (χ2v) is 4.63. The summed E-state index contributed by atoms with van der Waals surface area (Å²) in [4.78, 5) is 0. The van der Waals surface area contributed by atoms with Crippen molar-refractivity contribution in [2.24, 2.45) is 5.92 Å². The Balaban J connectivity index is 1.93. The van der Waals surface area contributed by atoms with Gasteiger partial charge < -0.3 is 9.73 Å². The summed E-state index contributed by atoms with van der Waals surface area (Å²) in [7, 11) is 0. The van der Waals surface area contributed by atoms with Gasteiger partial charge in [0.2, 0.25) is 0 Å². The summed E-state index contributed by atoms with van der Waals surface area (Å²) in [5, 5.41) is 3.52. The zero-order chi connectivity index (χ0) is 9.42. The van der Waals surface area contributed by atoms with Crippen LogP contribution in [0.25, 0.3) is 0 Å². The summed E-state index contributed by atoms with van der Waals surface area (Å²) >= 11 is 3.30. The number of furan rings is 1. The van der Waals surface area contributed by atoms with Gasteiger partial charge in [0.25, 0.3) is 0 Å². The van der Waals surface area contributed by atoms with Crippen molar-refractivity contribution < 1.29 is 4.42 Å². The van der Waals surface area contributed by atoms with E-state index in [-0.39, 0.29) is 0 Å². The van der Waals surface area contributed by atoms with Crippen LogP contribution in [0.3, 0.4) is 0 Å². The van der Waals surface area contributed by atoms with Crippen LogP contribution in [-0.2, 0) is 0 Å².